The van der Waals surface area contributed by atoms with Crippen LogP contribution >= 0.6 is 0 Å². The normalized spacial score (nSPS) is 17.5. The maximum atomic E-state index is 11.5. The van der Waals surface area contributed by atoms with E-state index in [-0.39, 0.29) is 17.9 Å². The molecule has 0 bridgehead atoms. The van der Waals surface area contributed by atoms with Gasteiger partial charge in [-0.3, -0.25) is 0 Å². The van der Waals surface area contributed by atoms with E-state index >= 15 is 0 Å². The van der Waals surface area contributed by atoms with Crippen LogP contribution in [0.5, 0.6) is 0 Å². The second-order valence-corrected chi connectivity index (χ2v) is 7.34. The Morgan fingerprint density at radius 1 is 1.27 bits per heavy atom. The van der Waals surface area contributed by atoms with Crippen LogP contribution in [-0.4, -0.2) is 31.9 Å². The summed E-state index contributed by atoms with van der Waals surface area (Å²) in [6, 6.07) is 0. The summed E-state index contributed by atoms with van der Waals surface area (Å²) in [5.74, 6) is 0.248. The van der Waals surface area contributed by atoms with Gasteiger partial charge in [0.25, 0.3) is 0 Å². The molecule has 0 aromatic carbocycles. The van der Waals surface area contributed by atoms with Crippen molar-refractivity contribution in [3.8, 4) is 0 Å². The molecule has 0 aliphatic carbocycles. The van der Waals surface area contributed by atoms with Crippen LogP contribution in [0.25, 0.3) is 0 Å². The molecule has 2 unspecified atom stereocenters. The first-order valence-electron chi connectivity index (χ1n) is 5.20. The SMILES string of the molecule is CC(CNS(=O)(=O)C(C)CO)C(C)(C)C. The van der Waals surface area contributed by atoms with Crippen molar-refractivity contribution in [1.82, 2.24) is 4.72 Å². The second-order valence-electron chi connectivity index (χ2n) is 5.15. The van der Waals surface area contributed by atoms with Crippen molar-refractivity contribution >= 4 is 10.0 Å². The first-order valence-corrected chi connectivity index (χ1v) is 6.75. The highest BCUT2D eigenvalue weighted by Crippen LogP contribution is 2.24. The minimum Gasteiger partial charge on any atom is -0.395 e. The lowest BCUT2D eigenvalue weighted by molar-refractivity contribution is 0.261. The fourth-order valence-electron chi connectivity index (χ4n) is 0.788. The van der Waals surface area contributed by atoms with Gasteiger partial charge in [0.1, 0.15) is 0 Å². The summed E-state index contributed by atoms with van der Waals surface area (Å²) >= 11 is 0. The van der Waals surface area contributed by atoms with E-state index in [0.717, 1.165) is 0 Å². The Balaban J connectivity index is 4.29. The molecule has 15 heavy (non-hydrogen) atoms. The van der Waals surface area contributed by atoms with Gasteiger partial charge in [0.2, 0.25) is 10.0 Å². The van der Waals surface area contributed by atoms with Crippen molar-refractivity contribution in [3.63, 3.8) is 0 Å². The predicted molar refractivity (Wildman–Crippen MR) is 62.1 cm³/mol. The quantitative estimate of drug-likeness (QED) is 0.748. The first kappa shape index (κ1) is 14.9. The summed E-state index contributed by atoms with van der Waals surface area (Å²) in [5.41, 5.74) is 0.0744. The van der Waals surface area contributed by atoms with E-state index in [9.17, 15) is 8.42 Å². The molecule has 0 aliphatic heterocycles. The monoisotopic (exact) mass is 237 g/mol. The lowest BCUT2D eigenvalue weighted by atomic mass is 9.82. The van der Waals surface area contributed by atoms with Gasteiger partial charge < -0.3 is 5.11 Å². The smallest absolute Gasteiger partial charge is 0.216 e. The van der Waals surface area contributed by atoms with Crippen LogP contribution in [0.3, 0.4) is 0 Å². The average Bonchev–Trinajstić information content (AvgIpc) is 2.11. The van der Waals surface area contributed by atoms with E-state index in [4.69, 9.17) is 5.11 Å². The number of aliphatic hydroxyl groups is 1. The van der Waals surface area contributed by atoms with Crippen molar-refractivity contribution < 1.29 is 13.5 Å². The standard InChI is InChI=1S/C10H23NO3S/c1-8(10(3,4)5)6-11-15(13,14)9(2)7-12/h8-9,11-12H,6-7H2,1-5H3. The minimum atomic E-state index is -3.37. The summed E-state index contributed by atoms with van der Waals surface area (Å²) in [6.07, 6.45) is 0. The zero-order chi connectivity index (χ0) is 12.3. The molecule has 0 heterocycles. The third-order valence-electron chi connectivity index (χ3n) is 2.86. The molecule has 0 saturated heterocycles. The molecule has 0 fully saturated rings. The van der Waals surface area contributed by atoms with Crippen LogP contribution in [0, 0.1) is 11.3 Å². The fourth-order valence-corrected chi connectivity index (χ4v) is 1.75. The average molecular weight is 237 g/mol. The summed E-state index contributed by atoms with van der Waals surface area (Å²) in [5, 5.41) is 8.03. The van der Waals surface area contributed by atoms with Crippen LogP contribution in [-0.2, 0) is 10.0 Å². The van der Waals surface area contributed by atoms with Gasteiger partial charge >= 0.3 is 0 Å². The summed E-state index contributed by atoms with van der Waals surface area (Å²) in [6.45, 7) is 9.77. The van der Waals surface area contributed by atoms with Crippen LogP contribution in [0.2, 0.25) is 0 Å². The number of nitrogens with one attached hydrogen (secondary N) is 1. The van der Waals surface area contributed by atoms with E-state index < -0.39 is 15.3 Å². The number of sulfonamides is 1. The Morgan fingerprint density at radius 3 is 2.07 bits per heavy atom. The molecule has 0 aromatic heterocycles. The van der Waals surface area contributed by atoms with Crippen molar-refractivity contribution in [2.45, 2.75) is 39.9 Å². The van der Waals surface area contributed by atoms with Crippen molar-refractivity contribution in [1.29, 1.82) is 0 Å². The van der Waals surface area contributed by atoms with Gasteiger partial charge in [-0.05, 0) is 18.3 Å². The maximum absolute atomic E-state index is 11.5. The molecule has 0 radical (unpaired) electrons. The van der Waals surface area contributed by atoms with E-state index in [2.05, 4.69) is 25.5 Å². The number of aliphatic hydroxyl groups excluding tert-OH is 1. The lowest BCUT2D eigenvalue weighted by Crippen LogP contribution is -2.39. The third-order valence-corrected chi connectivity index (χ3v) is 4.63. The predicted octanol–water partition coefficient (Wildman–Crippen LogP) is 0.969. The highest BCUT2D eigenvalue weighted by molar-refractivity contribution is 7.90. The largest absolute Gasteiger partial charge is 0.395 e. The van der Waals surface area contributed by atoms with Gasteiger partial charge in [-0.1, -0.05) is 27.7 Å². The summed E-state index contributed by atoms with van der Waals surface area (Å²) in [4.78, 5) is 0. The van der Waals surface area contributed by atoms with Crippen LogP contribution in [0.1, 0.15) is 34.6 Å². The molecular weight excluding hydrogens is 214 g/mol. The van der Waals surface area contributed by atoms with Gasteiger partial charge in [0.15, 0.2) is 0 Å². The van der Waals surface area contributed by atoms with Crippen molar-refractivity contribution in [2.24, 2.45) is 11.3 Å². The van der Waals surface area contributed by atoms with E-state index in [1.165, 1.54) is 6.92 Å². The minimum absolute atomic E-state index is 0.0744. The molecule has 0 saturated carbocycles. The lowest BCUT2D eigenvalue weighted by Gasteiger charge is -2.27. The highest BCUT2D eigenvalue weighted by Gasteiger charge is 2.24. The van der Waals surface area contributed by atoms with Gasteiger partial charge in [-0.25, -0.2) is 13.1 Å². The first-order chi connectivity index (χ1) is 6.61. The summed E-state index contributed by atoms with van der Waals surface area (Å²) in [7, 11) is -3.37. The molecule has 0 rings (SSSR count). The molecule has 92 valence electrons. The molecule has 4 nitrogen and oxygen atoms in total. The Bertz CT molecular complexity index is 280. The number of hydrogen-bond acceptors (Lipinski definition) is 3. The molecule has 0 aromatic rings. The molecule has 2 atom stereocenters. The Labute approximate surface area is 93.1 Å². The third kappa shape index (κ3) is 4.95. The molecule has 0 aliphatic rings. The molecule has 2 N–H and O–H groups in total. The van der Waals surface area contributed by atoms with Gasteiger partial charge in [0, 0.05) is 6.54 Å². The van der Waals surface area contributed by atoms with Gasteiger partial charge in [-0.2, -0.15) is 0 Å². The molecule has 5 heteroatoms. The van der Waals surface area contributed by atoms with Gasteiger partial charge in [0.05, 0.1) is 11.9 Å². The Hall–Kier alpha value is -0.130. The molecular formula is C10H23NO3S. The maximum Gasteiger partial charge on any atom is 0.216 e. The molecule has 0 spiro atoms. The fraction of sp³-hybridized carbons (Fsp3) is 1.00. The zero-order valence-corrected chi connectivity index (χ0v) is 11.1. The van der Waals surface area contributed by atoms with E-state index in [1.807, 2.05) is 6.92 Å². The van der Waals surface area contributed by atoms with Crippen LogP contribution in [0.4, 0.5) is 0 Å². The van der Waals surface area contributed by atoms with Gasteiger partial charge in [-0.15, -0.1) is 0 Å². The highest BCUT2D eigenvalue weighted by atomic mass is 32.2. The second kappa shape index (κ2) is 5.27. The van der Waals surface area contributed by atoms with E-state index in [1.54, 1.807) is 0 Å². The molecule has 0 amide bonds. The number of rotatable bonds is 5. The Kier molecular flexibility index (Phi) is 5.23. The topological polar surface area (TPSA) is 66.4 Å². The Morgan fingerprint density at radius 2 is 1.73 bits per heavy atom. The number of hydrogen-bond donors (Lipinski definition) is 2. The van der Waals surface area contributed by atoms with Crippen molar-refractivity contribution in [3.05, 3.63) is 0 Å². The van der Waals surface area contributed by atoms with E-state index in [0.29, 0.717) is 6.54 Å². The summed E-state index contributed by atoms with van der Waals surface area (Å²) < 4.78 is 25.6. The zero-order valence-electron chi connectivity index (χ0n) is 10.2. The van der Waals surface area contributed by atoms with Crippen LogP contribution in [0.15, 0.2) is 0 Å². The van der Waals surface area contributed by atoms with Crippen LogP contribution < -0.4 is 4.72 Å². The van der Waals surface area contributed by atoms with Crippen molar-refractivity contribution in [2.75, 3.05) is 13.2 Å².